The molecule has 0 spiro atoms. The first-order valence-electron chi connectivity index (χ1n) is 10.4. The Morgan fingerprint density at radius 3 is 2.45 bits per heavy atom. The number of aryl methyl sites for hydroxylation is 1. The van der Waals surface area contributed by atoms with E-state index in [9.17, 15) is 18.0 Å². The predicted molar refractivity (Wildman–Crippen MR) is 123 cm³/mol. The van der Waals surface area contributed by atoms with E-state index >= 15 is 0 Å². The number of hydrogen-bond acceptors (Lipinski definition) is 4. The third kappa shape index (κ3) is 4.59. The van der Waals surface area contributed by atoms with E-state index in [0.717, 1.165) is 11.0 Å². The summed E-state index contributed by atoms with van der Waals surface area (Å²) in [4.78, 5) is 20.8. The van der Waals surface area contributed by atoms with Crippen LogP contribution in [-0.4, -0.2) is 54.7 Å². The van der Waals surface area contributed by atoms with Gasteiger partial charge in [0.2, 0.25) is 13.3 Å². The molecule has 0 saturated carbocycles. The van der Waals surface area contributed by atoms with Gasteiger partial charge in [-0.15, -0.1) is 0 Å². The summed E-state index contributed by atoms with van der Waals surface area (Å²) in [6.07, 6.45) is -5.24. The Morgan fingerprint density at radius 1 is 1.18 bits per heavy atom. The van der Waals surface area contributed by atoms with E-state index in [0.29, 0.717) is 32.7 Å². The van der Waals surface area contributed by atoms with Crippen LogP contribution in [0, 0.1) is 6.92 Å². The van der Waals surface area contributed by atoms with E-state index in [2.05, 4.69) is 5.16 Å². The average molecular weight is 498 g/mol. The smallest absolute Gasteiger partial charge is 0.374 e. The first kappa shape index (κ1) is 23.9. The van der Waals surface area contributed by atoms with Gasteiger partial charge in [-0.25, -0.2) is 0 Å². The maximum atomic E-state index is 14.2. The molecular formula is C22H21BCl2F3N3O2. The Morgan fingerprint density at radius 2 is 1.88 bits per heavy atom. The first-order valence-corrected chi connectivity index (χ1v) is 11.2. The third-order valence-electron chi connectivity index (χ3n) is 6.05. The van der Waals surface area contributed by atoms with E-state index in [1.807, 2.05) is 24.7 Å². The van der Waals surface area contributed by atoms with Crippen LogP contribution in [0.1, 0.15) is 30.0 Å². The summed E-state index contributed by atoms with van der Waals surface area (Å²) < 4.78 is 42.6. The van der Waals surface area contributed by atoms with Gasteiger partial charge < -0.3 is 14.5 Å². The molecule has 174 valence electrons. The SMILES string of the molecule is CCN1CN(Bc2ccc(C3=NOC(c4cc(Cl)cc(Cl)c4)(C(F)(F)F)C3)cc2C)CC1=O. The van der Waals surface area contributed by atoms with Crippen molar-refractivity contribution < 1.29 is 22.8 Å². The second-order valence-electron chi connectivity index (χ2n) is 8.31. The van der Waals surface area contributed by atoms with E-state index in [1.165, 1.54) is 18.2 Å². The second kappa shape index (κ2) is 8.85. The van der Waals surface area contributed by atoms with Crippen LogP contribution in [0.15, 0.2) is 41.6 Å². The molecule has 1 amide bonds. The quantitative estimate of drug-likeness (QED) is 0.587. The van der Waals surface area contributed by atoms with Gasteiger partial charge in [0, 0.05) is 28.6 Å². The molecule has 0 radical (unpaired) electrons. The molecule has 2 aliphatic heterocycles. The Bertz CT molecular complexity index is 1110. The van der Waals surface area contributed by atoms with Crippen LogP contribution in [0.3, 0.4) is 0 Å². The molecule has 0 aliphatic carbocycles. The molecular weight excluding hydrogens is 477 g/mol. The Hall–Kier alpha value is -2.23. The van der Waals surface area contributed by atoms with Crippen molar-refractivity contribution in [2.24, 2.45) is 5.16 Å². The van der Waals surface area contributed by atoms with Crippen LogP contribution in [-0.2, 0) is 15.2 Å². The normalized spacial score (nSPS) is 21.4. The molecule has 5 nitrogen and oxygen atoms in total. The highest BCUT2D eigenvalue weighted by atomic mass is 35.5. The average Bonchev–Trinajstić information content (AvgIpc) is 3.33. The summed E-state index contributed by atoms with van der Waals surface area (Å²) in [5, 5.41) is 3.98. The maximum Gasteiger partial charge on any atom is 0.435 e. The van der Waals surface area contributed by atoms with Crippen molar-refractivity contribution in [2.75, 3.05) is 19.8 Å². The summed E-state index contributed by atoms with van der Waals surface area (Å²) in [5.74, 6) is 0.0915. The van der Waals surface area contributed by atoms with Crippen molar-refractivity contribution in [1.82, 2.24) is 9.71 Å². The van der Waals surface area contributed by atoms with Gasteiger partial charge in [0.25, 0.3) is 5.60 Å². The van der Waals surface area contributed by atoms with Crippen molar-refractivity contribution in [3.05, 3.63) is 63.1 Å². The number of rotatable bonds is 5. The fourth-order valence-corrected chi connectivity index (χ4v) is 4.71. The van der Waals surface area contributed by atoms with E-state index < -0.39 is 18.2 Å². The topological polar surface area (TPSA) is 45.1 Å². The zero-order chi connectivity index (χ0) is 24.0. The predicted octanol–water partition coefficient (Wildman–Crippen LogP) is 3.98. The van der Waals surface area contributed by atoms with Crippen molar-refractivity contribution >= 4 is 47.7 Å². The van der Waals surface area contributed by atoms with Gasteiger partial charge in [-0.3, -0.25) is 4.79 Å². The van der Waals surface area contributed by atoms with Crippen molar-refractivity contribution in [2.45, 2.75) is 32.0 Å². The monoisotopic (exact) mass is 497 g/mol. The largest absolute Gasteiger partial charge is 0.435 e. The summed E-state index contributed by atoms with van der Waals surface area (Å²) in [5.41, 5.74) is -0.239. The lowest BCUT2D eigenvalue weighted by Gasteiger charge is -2.29. The Labute approximate surface area is 200 Å². The minimum atomic E-state index is -4.74. The van der Waals surface area contributed by atoms with Gasteiger partial charge in [0.1, 0.15) is 0 Å². The zero-order valence-electron chi connectivity index (χ0n) is 18.0. The molecule has 11 heteroatoms. The molecule has 33 heavy (non-hydrogen) atoms. The van der Waals surface area contributed by atoms with Crippen molar-refractivity contribution in [3.63, 3.8) is 0 Å². The summed E-state index contributed by atoms with van der Waals surface area (Å²) in [7, 11) is 0.574. The van der Waals surface area contributed by atoms with Gasteiger partial charge in [-0.05, 0) is 37.6 Å². The molecule has 4 rings (SSSR count). The third-order valence-corrected chi connectivity index (χ3v) is 6.49. The number of carbonyl (C=O) groups excluding carboxylic acids is 1. The van der Waals surface area contributed by atoms with Crippen LogP contribution in [0.5, 0.6) is 0 Å². The van der Waals surface area contributed by atoms with Crippen LogP contribution < -0.4 is 5.46 Å². The Kier molecular flexibility index (Phi) is 6.42. The standard InChI is InChI=1S/C22H21BCl2F3N3O2/c1-3-30-12-31(11-20(30)32)23-18-5-4-14(6-13(18)2)19-10-21(33-29-19,22(26,27)28)15-7-16(24)9-17(25)8-15/h4-9,23H,3,10-12H2,1-2H3. The summed E-state index contributed by atoms with van der Waals surface area (Å²) in [6.45, 7) is 5.40. The molecule has 0 aromatic heterocycles. The van der Waals surface area contributed by atoms with E-state index in [-0.39, 0.29) is 27.2 Å². The fraction of sp³-hybridized carbons (Fsp3) is 0.364. The number of alkyl halides is 3. The summed E-state index contributed by atoms with van der Waals surface area (Å²) >= 11 is 11.9. The molecule has 2 aromatic carbocycles. The number of hydrogen-bond donors (Lipinski definition) is 0. The molecule has 1 fully saturated rings. The number of carbonyl (C=O) groups is 1. The van der Waals surface area contributed by atoms with Gasteiger partial charge in [-0.2, -0.15) is 13.2 Å². The number of likely N-dealkylation sites (N-methyl/N-ethyl adjacent to an activating group) is 1. The van der Waals surface area contributed by atoms with E-state index in [4.69, 9.17) is 28.0 Å². The molecule has 2 aromatic rings. The van der Waals surface area contributed by atoms with Gasteiger partial charge >= 0.3 is 6.18 Å². The number of halogens is 5. The Balaban J connectivity index is 1.56. The van der Waals surface area contributed by atoms with Crippen LogP contribution in [0.4, 0.5) is 13.2 Å². The minimum Gasteiger partial charge on any atom is -0.374 e. The lowest BCUT2D eigenvalue weighted by Crippen LogP contribution is -2.42. The van der Waals surface area contributed by atoms with Gasteiger partial charge in [0.05, 0.1) is 18.9 Å². The zero-order valence-corrected chi connectivity index (χ0v) is 19.6. The van der Waals surface area contributed by atoms with Gasteiger partial charge in [-0.1, -0.05) is 57.6 Å². The van der Waals surface area contributed by atoms with Crippen LogP contribution >= 0.6 is 23.2 Å². The molecule has 1 saturated heterocycles. The van der Waals surface area contributed by atoms with Gasteiger partial charge in [0.15, 0.2) is 0 Å². The molecule has 1 unspecified atom stereocenters. The van der Waals surface area contributed by atoms with E-state index in [1.54, 1.807) is 17.0 Å². The van der Waals surface area contributed by atoms with Crippen molar-refractivity contribution in [1.29, 1.82) is 0 Å². The highest BCUT2D eigenvalue weighted by Gasteiger charge is 2.62. The number of oxime groups is 1. The molecule has 0 N–H and O–H groups in total. The maximum absolute atomic E-state index is 14.2. The number of benzene rings is 2. The highest BCUT2D eigenvalue weighted by molar-refractivity contribution is 6.51. The van der Waals surface area contributed by atoms with Crippen molar-refractivity contribution in [3.8, 4) is 0 Å². The first-order chi connectivity index (χ1) is 15.5. The van der Waals surface area contributed by atoms with Crippen LogP contribution in [0.2, 0.25) is 10.0 Å². The lowest BCUT2D eigenvalue weighted by atomic mass is 9.77. The summed E-state index contributed by atoms with van der Waals surface area (Å²) in [6, 6.07) is 9.15. The highest BCUT2D eigenvalue weighted by Crippen LogP contribution is 2.49. The minimum absolute atomic E-state index is 0.0837. The second-order valence-corrected chi connectivity index (χ2v) is 9.18. The lowest BCUT2D eigenvalue weighted by molar-refractivity contribution is -0.275. The number of amides is 1. The molecule has 0 bridgehead atoms. The fourth-order valence-electron chi connectivity index (χ4n) is 4.18. The molecule has 2 heterocycles. The number of nitrogens with zero attached hydrogens (tertiary/aromatic N) is 3. The molecule has 1 atom stereocenters. The van der Waals surface area contributed by atoms with Crippen LogP contribution in [0.25, 0.3) is 0 Å². The molecule has 2 aliphatic rings.